The van der Waals surface area contributed by atoms with Gasteiger partial charge in [-0.2, -0.15) is 0 Å². The fraction of sp³-hybridized carbons (Fsp3) is 0.533. The number of aliphatic hydroxyl groups is 1. The quantitative estimate of drug-likeness (QED) is 0.377. The number of carbonyl (C=O) groups excluding carboxylic acids is 2. The van der Waals surface area contributed by atoms with Crippen molar-refractivity contribution in [2.24, 2.45) is 5.41 Å². The second-order valence-corrected chi connectivity index (χ2v) is 13.7. The van der Waals surface area contributed by atoms with E-state index >= 15 is 0 Å². The van der Waals surface area contributed by atoms with Gasteiger partial charge in [-0.25, -0.2) is 4.39 Å². The Morgan fingerprint density at radius 1 is 1.15 bits per heavy atom. The molecule has 6 nitrogen and oxygen atoms in total. The highest BCUT2D eigenvalue weighted by atomic mass is 35.5. The Balaban J connectivity index is 1.63. The molecule has 39 heavy (non-hydrogen) atoms. The van der Waals surface area contributed by atoms with E-state index in [0.717, 1.165) is 5.56 Å². The molecule has 0 bridgehead atoms. The summed E-state index contributed by atoms with van der Waals surface area (Å²) in [6.07, 6.45) is 3.12. The Morgan fingerprint density at radius 3 is 2.49 bits per heavy atom. The van der Waals surface area contributed by atoms with E-state index in [9.17, 15) is 19.1 Å². The number of fused-ring (bicyclic) bond motifs is 2. The lowest BCUT2D eigenvalue weighted by Crippen LogP contribution is -2.50. The average Bonchev–Trinajstić information content (AvgIpc) is 3.31. The average molecular weight is 577 g/mol. The molecule has 1 aliphatic carbocycles. The van der Waals surface area contributed by atoms with Crippen molar-refractivity contribution < 1.29 is 19.1 Å². The Morgan fingerprint density at radius 2 is 1.85 bits per heavy atom. The van der Waals surface area contributed by atoms with Gasteiger partial charge in [0.25, 0.3) is 0 Å². The van der Waals surface area contributed by atoms with E-state index in [1.165, 1.54) is 12.1 Å². The Kier molecular flexibility index (Phi) is 7.28. The van der Waals surface area contributed by atoms with E-state index in [2.05, 4.69) is 36.7 Å². The number of benzene rings is 2. The summed E-state index contributed by atoms with van der Waals surface area (Å²) in [5.41, 5.74) is -0.0855. The normalized spacial score (nSPS) is 32.3. The number of carbonyl (C=O) groups is 2. The van der Waals surface area contributed by atoms with Crippen molar-refractivity contribution in [2.75, 3.05) is 5.32 Å². The lowest BCUT2D eigenvalue weighted by atomic mass is 9.62. The van der Waals surface area contributed by atoms with Crippen LogP contribution in [0.4, 0.5) is 10.1 Å². The largest absolute Gasteiger partial charge is 0.390 e. The first-order valence-electron chi connectivity index (χ1n) is 13.6. The lowest BCUT2D eigenvalue weighted by Gasteiger charge is -2.38. The predicted molar refractivity (Wildman–Crippen MR) is 152 cm³/mol. The maximum atomic E-state index is 14.3. The Hall–Kier alpha value is -2.19. The molecule has 2 amide bonds. The third kappa shape index (κ3) is 5.19. The summed E-state index contributed by atoms with van der Waals surface area (Å²) < 4.78 is 14.3. The van der Waals surface area contributed by atoms with Crippen molar-refractivity contribution in [3.8, 4) is 0 Å². The van der Waals surface area contributed by atoms with Gasteiger partial charge in [0.15, 0.2) is 0 Å². The summed E-state index contributed by atoms with van der Waals surface area (Å²) >= 11 is 12.6. The molecular weight excluding hydrogens is 540 g/mol. The van der Waals surface area contributed by atoms with Crippen LogP contribution in [-0.2, 0) is 15.0 Å². The molecule has 1 saturated heterocycles. The molecule has 0 radical (unpaired) electrons. The van der Waals surface area contributed by atoms with Crippen molar-refractivity contribution in [1.29, 1.82) is 0 Å². The first-order chi connectivity index (χ1) is 18.2. The summed E-state index contributed by atoms with van der Waals surface area (Å²) in [6.45, 7) is 8.12. The monoisotopic (exact) mass is 575 g/mol. The molecule has 2 fully saturated rings. The van der Waals surface area contributed by atoms with Gasteiger partial charge < -0.3 is 21.1 Å². The van der Waals surface area contributed by atoms with Crippen molar-refractivity contribution in [3.05, 3.63) is 63.4 Å². The maximum Gasteiger partial charge on any atom is 0.238 e. The first-order valence-corrected chi connectivity index (χ1v) is 14.3. The Bertz CT molecular complexity index is 1300. The molecule has 4 atom stereocenters. The molecule has 1 spiro atoms. The molecule has 210 valence electrons. The number of amides is 2. The number of hydrogen-bond acceptors (Lipinski definition) is 4. The van der Waals surface area contributed by atoms with Crippen LogP contribution in [0.25, 0.3) is 0 Å². The second kappa shape index (κ2) is 10.0. The van der Waals surface area contributed by atoms with Crippen LogP contribution >= 0.6 is 23.2 Å². The summed E-state index contributed by atoms with van der Waals surface area (Å²) in [5.74, 6) is -1.68. The fourth-order valence-corrected chi connectivity index (χ4v) is 7.16. The van der Waals surface area contributed by atoms with Gasteiger partial charge in [0.05, 0.1) is 16.7 Å². The van der Waals surface area contributed by atoms with Crippen LogP contribution < -0.4 is 16.0 Å². The van der Waals surface area contributed by atoms with Gasteiger partial charge in [-0.05, 0) is 79.8 Å². The van der Waals surface area contributed by atoms with Crippen LogP contribution in [0.1, 0.15) is 76.8 Å². The highest BCUT2D eigenvalue weighted by molar-refractivity contribution is 6.31. The van der Waals surface area contributed by atoms with Crippen molar-refractivity contribution in [2.45, 2.75) is 94.9 Å². The molecule has 2 aromatic carbocycles. The number of anilines is 1. The van der Waals surface area contributed by atoms with E-state index in [0.29, 0.717) is 48.4 Å². The molecule has 5 rings (SSSR count). The molecule has 2 heterocycles. The van der Waals surface area contributed by atoms with Crippen LogP contribution in [0.3, 0.4) is 0 Å². The molecule has 3 aliphatic rings. The highest BCUT2D eigenvalue weighted by Crippen LogP contribution is 2.56. The summed E-state index contributed by atoms with van der Waals surface area (Å²) in [7, 11) is 0. The lowest BCUT2D eigenvalue weighted by molar-refractivity contribution is -0.125. The highest BCUT2D eigenvalue weighted by Gasteiger charge is 2.65. The number of hydrogen-bond donors (Lipinski definition) is 4. The van der Waals surface area contributed by atoms with Crippen LogP contribution in [0.5, 0.6) is 0 Å². The molecule has 2 aromatic rings. The molecule has 0 unspecified atom stereocenters. The van der Waals surface area contributed by atoms with Gasteiger partial charge in [-0.1, -0.05) is 56.1 Å². The van der Waals surface area contributed by atoms with Gasteiger partial charge in [-0.15, -0.1) is 0 Å². The van der Waals surface area contributed by atoms with E-state index in [1.807, 2.05) is 13.0 Å². The zero-order chi connectivity index (χ0) is 28.3. The zero-order valence-electron chi connectivity index (χ0n) is 22.7. The van der Waals surface area contributed by atoms with Gasteiger partial charge in [0, 0.05) is 28.7 Å². The van der Waals surface area contributed by atoms with Crippen molar-refractivity contribution in [3.63, 3.8) is 0 Å². The van der Waals surface area contributed by atoms with E-state index in [-0.39, 0.29) is 28.3 Å². The van der Waals surface area contributed by atoms with Gasteiger partial charge in [-0.3, -0.25) is 9.59 Å². The molecule has 1 saturated carbocycles. The first kappa shape index (κ1) is 28.3. The fourth-order valence-electron chi connectivity index (χ4n) is 6.80. The van der Waals surface area contributed by atoms with Crippen molar-refractivity contribution in [1.82, 2.24) is 10.6 Å². The Labute approximate surface area is 239 Å². The van der Waals surface area contributed by atoms with E-state index in [1.54, 1.807) is 18.2 Å². The molecular formula is C30H36Cl2FN3O3. The van der Waals surface area contributed by atoms with Gasteiger partial charge in [0.2, 0.25) is 11.8 Å². The number of halogens is 3. The van der Waals surface area contributed by atoms with Crippen LogP contribution in [0.2, 0.25) is 10.0 Å². The SMILES string of the molecule is CC(C)(C)C[C@H]1N[C@@H](C(=O)NC2CCC(C)(O)CC2)[C@H](c2ccc(F)c(Cl)c2)[C@@]12C(=O)Nc1cc(Cl)ccc12. The molecule has 9 heteroatoms. The van der Waals surface area contributed by atoms with Gasteiger partial charge in [0.1, 0.15) is 11.2 Å². The topological polar surface area (TPSA) is 90.5 Å². The van der Waals surface area contributed by atoms with Crippen LogP contribution in [0.15, 0.2) is 36.4 Å². The van der Waals surface area contributed by atoms with Crippen LogP contribution in [0, 0.1) is 11.2 Å². The minimum Gasteiger partial charge on any atom is -0.390 e. The zero-order valence-corrected chi connectivity index (χ0v) is 24.2. The predicted octanol–water partition coefficient (Wildman–Crippen LogP) is 5.69. The standard InChI is InChI=1S/C30H36Cl2FN3O3/c1-28(2,3)15-23-30(19-7-6-17(31)14-22(19)35-27(30)38)24(16-5-8-21(33)20(32)13-16)25(36-23)26(37)34-18-9-11-29(4,39)12-10-18/h5-8,13-14,18,23-25,36,39H,9-12,15H2,1-4H3,(H,34,37)(H,35,38)/t18?,23-,24+,25-,29?,30+/m1/s1. The molecule has 2 aliphatic heterocycles. The maximum absolute atomic E-state index is 14.3. The molecule has 4 N–H and O–H groups in total. The summed E-state index contributed by atoms with van der Waals surface area (Å²) in [6, 6.07) is 8.51. The minimum atomic E-state index is -1.16. The minimum absolute atomic E-state index is 0.0645. The van der Waals surface area contributed by atoms with Crippen LogP contribution in [-0.4, -0.2) is 40.6 Å². The van der Waals surface area contributed by atoms with Crippen molar-refractivity contribution >= 4 is 40.7 Å². The third-order valence-corrected chi connectivity index (χ3v) is 9.14. The second-order valence-electron chi connectivity index (χ2n) is 12.9. The summed E-state index contributed by atoms with van der Waals surface area (Å²) in [4.78, 5) is 28.2. The van der Waals surface area contributed by atoms with E-state index < -0.39 is 34.8 Å². The number of nitrogens with one attached hydrogen (secondary N) is 3. The van der Waals surface area contributed by atoms with E-state index in [4.69, 9.17) is 23.2 Å². The molecule has 0 aromatic heterocycles. The summed E-state index contributed by atoms with van der Waals surface area (Å²) in [5, 5.41) is 20.6. The smallest absolute Gasteiger partial charge is 0.238 e. The number of rotatable bonds is 4. The third-order valence-electron chi connectivity index (χ3n) is 8.62. The van der Waals surface area contributed by atoms with Gasteiger partial charge >= 0.3 is 0 Å².